The van der Waals surface area contributed by atoms with E-state index in [0.29, 0.717) is 11.8 Å². The topological polar surface area (TPSA) is 20.3 Å². The van der Waals surface area contributed by atoms with Crippen molar-refractivity contribution in [2.45, 2.75) is 66.0 Å². The molecule has 0 spiro atoms. The van der Waals surface area contributed by atoms with Crippen LogP contribution in [0.4, 0.5) is 0 Å². The van der Waals surface area contributed by atoms with E-state index in [9.17, 15) is 4.79 Å². The van der Waals surface area contributed by atoms with E-state index in [1.165, 1.54) is 0 Å². The van der Waals surface area contributed by atoms with Gasteiger partial charge in [0.25, 0.3) is 0 Å². The van der Waals surface area contributed by atoms with Crippen molar-refractivity contribution in [3.8, 4) is 0 Å². The molecule has 0 unspecified atom stereocenters. The molecule has 0 N–H and O–H groups in total. The van der Waals surface area contributed by atoms with Crippen LogP contribution in [-0.4, -0.2) is 28.8 Å². The summed E-state index contributed by atoms with van der Waals surface area (Å²) in [5, 5.41) is 0. The fourth-order valence-electron chi connectivity index (χ4n) is 2.41. The van der Waals surface area contributed by atoms with E-state index in [-0.39, 0.29) is 11.0 Å². The summed E-state index contributed by atoms with van der Waals surface area (Å²) in [5.74, 6) is 0.426. The number of piperidine rings is 1. The SMILES string of the molecule is CC(C)(C)[C@@H]1CC(=O)CCN1C(C)(C)C. The molecule has 0 amide bonds. The van der Waals surface area contributed by atoms with Crippen LogP contribution in [0.2, 0.25) is 0 Å². The lowest BCUT2D eigenvalue weighted by atomic mass is 9.78. The van der Waals surface area contributed by atoms with Gasteiger partial charge in [-0.3, -0.25) is 9.69 Å². The minimum atomic E-state index is 0.165. The molecular formula is C13H25NO. The zero-order valence-corrected chi connectivity index (χ0v) is 11.1. The maximum atomic E-state index is 11.6. The molecule has 0 aromatic carbocycles. The van der Waals surface area contributed by atoms with Gasteiger partial charge in [-0.2, -0.15) is 0 Å². The Morgan fingerprint density at radius 1 is 1.13 bits per heavy atom. The number of ketones is 1. The highest BCUT2D eigenvalue weighted by molar-refractivity contribution is 5.80. The first kappa shape index (κ1) is 12.7. The van der Waals surface area contributed by atoms with E-state index in [0.717, 1.165) is 19.4 Å². The number of carbonyl (C=O) groups is 1. The number of hydrogen-bond donors (Lipinski definition) is 0. The average Bonchev–Trinajstić information content (AvgIpc) is 2.00. The van der Waals surface area contributed by atoms with Crippen LogP contribution in [0.25, 0.3) is 0 Å². The third kappa shape index (κ3) is 3.04. The molecule has 0 aromatic rings. The molecule has 0 aliphatic carbocycles. The number of hydrogen-bond acceptors (Lipinski definition) is 2. The predicted octanol–water partition coefficient (Wildman–Crippen LogP) is 2.86. The fraction of sp³-hybridized carbons (Fsp3) is 0.923. The molecule has 2 nitrogen and oxygen atoms in total. The van der Waals surface area contributed by atoms with E-state index < -0.39 is 0 Å². The molecule has 15 heavy (non-hydrogen) atoms. The Morgan fingerprint density at radius 3 is 2.07 bits per heavy atom. The van der Waals surface area contributed by atoms with Gasteiger partial charge in [0.1, 0.15) is 5.78 Å². The Bertz CT molecular complexity index is 244. The van der Waals surface area contributed by atoms with E-state index in [1.807, 2.05) is 0 Å². The minimum absolute atomic E-state index is 0.165. The second kappa shape index (κ2) is 3.89. The zero-order valence-electron chi connectivity index (χ0n) is 11.1. The largest absolute Gasteiger partial charge is 0.300 e. The van der Waals surface area contributed by atoms with Crippen LogP contribution in [0, 0.1) is 5.41 Å². The minimum Gasteiger partial charge on any atom is -0.300 e. The van der Waals surface area contributed by atoms with Crippen LogP contribution in [0.1, 0.15) is 54.4 Å². The van der Waals surface area contributed by atoms with Crippen molar-refractivity contribution in [3.63, 3.8) is 0 Å². The fourth-order valence-corrected chi connectivity index (χ4v) is 2.41. The lowest BCUT2D eigenvalue weighted by molar-refractivity contribution is -0.127. The zero-order chi connectivity index (χ0) is 11.9. The van der Waals surface area contributed by atoms with Gasteiger partial charge in [0.15, 0.2) is 0 Å². The van der Waals surface area contributed by atoms with Gasteiger partial charge in [0.05, 0.1) is 0 Å². The summed E-state index contributed by atoms with van der Waals surface area (Å²) in [6.07, 6.45) is 1.45. The Balaban J connectivity index is 2.90. The van der Waals surface area contributed by atoms with Crippen molar-refractivity contribution in [1.29, 1.82) is 0 Å². The summed E-state index contributed by atoms with van der Waals surface area (Å²) in [7, 11) is 0. The van der Waals surface area contributed by atoms with Crippen LogP contribution < -0.4 is 0 Å². The quantitative estimate of drug-likeness (QED) is 0.614. The summed E-state index contributed by atoms with van der Waals surface area (Å²) in [6, 6.07) is 0.388. The standard InChI is InChI=1S/C13H25NO/c1-12(2,3)11-9-10(15)7-8-14(11)13(4,5)6/h11H,7-9H2,1-6H3/t11-/m0/s1. The molecule has 1 saturated heterocycles. The van der Waals surface area contributed by atoms with Crippen molar-refractivity contribution in [2.75, 3.05) is 6.54 Å². The summed E-state index contributed by atoms with van der Waals surface area (Å²) in [5.41, 5.74) is 0.349. The van der Waals surface area contributed by atoms with E-state index >= 15 is 0 Å². The van der Waals surface area contributed by atoms with Crippen LogP contribution in [0.15, 0.2) is 0 Å². The van der Waals surface area contributed by atoms with Gasteiger partial charge in [-0.1, -0.05) is 20.8 Å². The third-order valence-electron chi connectivity index (χ3n) is 3.29. The lowest BCUT2D eigenvalue weighted by Gasteiger charge is -2.49. The van der Waals surface area contributed by atoms with Gasteiger partial charge >= 0.3 is 0 Å². The average molecular weight is 211 g/mol. The molecule has 0 aromatic heterocycles. The number of nitrogens with zero attached hydrogens (tertiary/aromatic N) is 1. The summed E-state index contributed by atoms with van der Waals surface area (Å²) in [4.78, 5) is 14.1. The van der Waals surface area contributed by atoms with Crippen LogP contribution in [0.3, 0.4) is 0 Å². The maximum absolute atomic E-state index is 11.6. The van der Waals surface area contributed by atoms with Crippen molar-refractivity contribution in [3.05, 3.63) is 0 Å². The number of likely N-dealkylation sites (tertiary alicyclic amines) is 1. The highest BCUT2D eigenvalue weighted by Gasteiger charge is 2.39. The van der Waals surface area contributed by atoms with Gasteiger partial charge < -0.3 is 0 Å². The first-order valence-electron chi connectivity index (χ1n) is 5.91. The van der Waals surface area contributed by atoms with Gasteiger partial charge in [-0.15, -0.1) is 0 Å². The molecule has 0 bridgehead atoms. The summed E-state index contributed by atoms with van der Waals surface area (Å²) < 4.78 is 0. The molecule has 1 heterocycles. The monoisotopic (exact) mass is 211 g/mol. The van der Waals surface area contributed by atoms with Gasteiger partial charge in [0, 0.05) is 31.0 Å². The second-order valence-corrected chi connectivity index (χ2v) is 6.74. The van der Waals surface area contributed by atoms with Gasteiger partial charge in [-0.25, -0.2) is 0 Å². The number of rotatable bonds is 0. The predicted molar refractivity (Wildman–Crippen MR) is 63.9 cm³/mol. The Labute approximate surface area is 94.0 Å². The van der Waals surface area contributed by atoms with E-state index in [1.54, 1.807) is 0 Å². The van der Waals surface area contributed by atoms with Crippen LogP contribution in [-0.2, 0) is 4.79 Å². The molecule has 1 rings (SSSR count). The van der Waals surface area contributed by atoms with Crippen molar-refractivity contribution < 1.29 is 4.79 Å². The van der Waals surface area contributed by atoms with E-state index in [2.05, 4.69) is 46.4 Å². The molecular weight excluding hydrogens is 186 g/mol. The van der Waals surface area contributed by atoms with Gasteiger partial charge in [-0.05, 0) is 26.2 Å². The maximum Gasteiger partial charge on any atom is 0.135 e. The number of carbonyl (C=O) groups excluding carboxylic acids is 1. The molecule has 0 saturated carbocycles. The Morgan fingerprint density at radius 2 is 1.67 bits per heavy atom. The Hall–Kier alpha value is -0.370. The highest BCUT2D eigenvalue weighted by atomic mass is 16.1. The summed E-state index contributed by atoms with van der Waals surface area (Å²) in [6.45, 7) is 14.3. The number of Topliss-reactive ketones (excluding diaryl/α,β-unsaturated/α-hetero) is 1. The Kier molecular flexibility index (Phi) is 3.30. The molecule has 0 radical (unpaired) electrons. The smallest absolute Gasteiger partial charge is 0.135 e. The van der Waals surface area contributed by atoms with Crippen LogP contribution >= 0.6 is 0 Å². The summed E-state index contributed by atoms with van der Waals surface area (Å²) >= 11 is 0. The molecule has 1 fully saturated rings. The first-order chi connectivity index (χ1) is 6.62. The van der Waals surface area contributed by atoms with Crippen molar-refractivity contribution in [1.82, 2.24) is 4.90 Å². The van der Waals surface area contributed by atoms with Gasteiger partial charge in [0.2, 0.25) is 0 Å². The molecule has 1 aliphatic heterocycles. The molecule has 1 atom stereocenters. The highest BCUT2D eigenvalue weighted by Crippen LogP contribution is 2.34. The second-order valence-electron chi connectivity index (χ2n) is 6.74. The lowest BCUT2D eigenvalue weighted by Crippen LogP contribution is -2.57. The molecule has 1 aliphatic rings. The van der Waals surface area contributed by atoms with Crippen LogP contribution in [0.5, 0.6) is 0 Å². The molecule has 2 heteroatoms. The van der Waals surface area contributed by atoms with E-state index in [4.69, 9.17) is 0 Å². The van der Waals surface area contributed by atoms with Crippen molar-refractivity contribution in [2.24, 2.45) is 5.41 Å². The molecule has 88 valence electrons. The normalized spacial score (nSPS) is 25.7. The third-order valence-corrected chi connectivity index (χ3v) is 3.29. The van der Waals surface area contributed by atoms with Crippen molar-refractivity contribution >= 4 is 5.78 Å². The first-order valence-corrected chi connectivity index (χ1v) is 5.91.